The van der Waals surface area contributed by atoms with Crippen LogP contribution in [0.25, 0.3) is 11.1 Å². The molecule has 1 aliphatic rings. The molecule has 0 aromatic heterocycles. The van der Waals surface area contributed by atoms with Gasteiger partial charge in [0.15, 0.2) is 0 Å². The highest BCUT2D eigenvalue weighted by Crippen LogP contribution is 2.34. The van der Waals surface area contributed by atoms with E-state index in [1.165, 1.54) is 68.9 Å². The van der Waals surface area contributed by atoms with Gasteiger partial charge in [-0.25, -0.2) is 4.39 Å². The fourth-order valence-electron chi connectivity index (χ4n) is 5.29. The van der Waals surface area contributed by atoms with Gasteiger partial charge in [-0.05, 0) is 84.4 Å². The van der Waals surface area contributed by atoms with E-state index < -0.39 is 0 Å². The van der Waals surface area contributed by atoms with Crippen LogP contribution in [0.15, 0.2) is 66.7 Å². The van der Waals surface area contributed by atoms with Crippen molar-refractivity contribution in [2.45, 2.75) is 71.1 Å². The molecule has 0 radical (unpaired) electrons. The highest BCUT2D eigenvalue weighted by atomic mass is 35.5. The molecule has 0 amide bonds. The maximum atomic E-state index is 14.7. The minimum atomic E-state index is -0.138. The zero-order valence-electron chi connectivity index (χ0n) is 19.8. The lowest BCUT2D eigenvalue weighted by Crippen LogP contribution is -2.15. The van der Waals surface area contributed by atoms with Crippen LogP contribution < -0.4 is 0 Å². The molecule has 3 aromatic rings. The van der Waals surface area contributed by atoms with Crippen LogP contribution in [0.2, 0.25) is 5.02 Å². The van der Waals surface area contributed by atoms with Gasteiger partial charge in [0.2, 0.25) is 0 Å². The fourth-order valence-corrected chi connectivity index (χ4v) is 5.42. The van der Waals surface area contributed by atoms with E-state index >= 15 is 0 Å². The minimum absolute atomic E-state index is 0.138. The van der Waals surface area contributed by atoms with Gasteiger partial charge in [0, 0.05) is 10.6 Å². The minimum Gasteiger partial charge on any atom is -0.206 e. The average molecular weight is 463 g/mol. The largest absolute Gasteiger partial charge is 0.206 e. The van der Waals surface area contributed by atoms with Crippen molar-refractivity contribution in [3.8, 4) is 11.1 Å². The Morgan fingerprint density at radius 2 is 1.21 bits per heavy atom. The molecule has 174 valence electrons. The van der Waals surface area contributed by atoms with Gasteiger partial charge in [-0.15, -0.1) is 0 Å². The molecular formula is C31H36ClF. The van der Waals surface area contributed by atoms with Crippen LogP contribution in [0, 0.1) is 17.7 Å². The summed E-state index contributed by atoms with van der Waals surface area (Å²) in [5, 5.41) is 0.673. The second-order valence-electron chi connectivity index (χ2n) is 9.85. The number of aryl methyl sites for hydroxylation is 3. The third-order valence-corrected chi connectivity index (χ3v) is 7.65. The van der Waals surface area contributed by atoms with Crippen LogP contribution in [-0.4, -0.2) is 0 Å². The predicted octanol–water partition coefficient (Wildman–Crippen LogP) is 9.47. The number of rotatable bonds is 9. The first-order chi connectivity index (χ1) is 16.1. The Morgan fingerprint density at radius 3 is 1.76 bits per heavy atom. The van der Waals surface area contributed by atoms with E-state index in [0.717, 1.165) is 29.4 Å². The maximum Gasteiger partial charge on any atom is 0.131 e. The number of hydrogen-bond donors (Lipinski definition) is 0. The molecule has 0 saturated heterocycles. The number of halogens is 2. The molecule has 0 aliphatic heterocycles. The Kier molecular flexibility index (Phi) is 8.62. The second kappa shape index (κ2) is 11.8. The summed E-state index contributed by atoms with van der Waals surface area (Å²) in [4.78, 5) is 0. The van der Waals surface area contributed by atoms with Crippen molar-refractivity contribution in [1.29, 1.82) is 0 Å². The quantitative estimate of drug-likeness (QED) is 0.297. The molecule has 4 rings (SSSR count). The second-order valence-corrected chi connectivity index (χ2v) is 10.3. The van der Waals surface area contributed by atoms with E-state index in [-0.39, 0.29) is 5.82 Å². The molecule has 0 atom stereocenters. The molecule has 0 heterocycles. The van der Waals surface area contributed by atoms with Crippen molar-refractivity contribution in [1.82, 2.24) is 0 Å². The summed E-state index contributed by atoms with van der Waals surface area (Å²) in [6, 6.07) is 22.4. The molecule has 3 aromatic carbocycles. The van der Waals surface area contributed by atoms with Crippen molar-refractivity contribution >= 4 is 11.6 Å². The third kappa shape index (κ3) is 6.93. The van der Waals surface area contributed by atoms with E-state index in [0.29, 0.717) is 10.6 Å². The standard InChI is InChI=1S/C31H36ClF/c1-2-3-23-4-6-24(7-5-23)8-9-25-10-12-26(13-11-25)14-15-27-16-21-30(31(33)22-27)28-17-19-29(32)20-18-28/h4-7,16-22,25-26H,2-3,8-15H2,1H3. The van der Waals surface area contributed by atoms with Crippen LogP contribution in [-0.2, 0) is 19.3 Å². The highest BCUT2D eigenvalue weighted by Gasteiger charge is 2.21. The highest BCUT2D eigenvalue weighted by molar-refractivity contribution is 6.30. The van der Waals surface area contributed by atoms with Crippen LogP contribution in [0.3, 0.4) is 0 Å². The molecule has 0 N–H and O–H groups in total. The van der Waals surface area contributed by atoms with Gasteiger partial charge in [0.1, 0.15) is 5.82 Å². The molecule has 0 unspecified atom stereocenters. The van der Waals surface area contributed by atoms with E-state index in [2.05, 4.69) is 37.3 Å². The zero-order valence-corrected chi connectivity index (χ0v) is 20.6. The van der Waals surface area contributed by atoms with Gasteiger partial charge >= 0.3 is 0 Å². The van der Waals surface area contributed by atoms with Gasteiger partial charge in [-0.3, -0.25) is 0 Å². The van der Waals surface area contributed by atoms with Crippen LogP contribution >= 0.6 is 11.6 Å². The molecule has 0 nitrogen and oxygen atoms in total. The van der Waals surface area contributed by atoms with E-state index in [1.54, 1.807) is 6.07 Å². The Bertz CT molecular complexity index is 998. The summed E-state index contributed by atoms with van der Waals surface area (Å²) in [5.41, 5.74) is 5.58. The van der Waals surface area contributed by atoms with Crippen molar-refractivity contribution in [3.05, 3.63) is 94.3 Å². The lowest BCUT2D eigenvalue weighted by molar-refractivity contribution is 0.253. The third-order valence-electron chi connectivity index (χ3n) is 7.40. The molecule has 33 heavy (non-hydrogen) atoms. The molecular weight excluding hydrogens is 427 g/mol. The Balaban J connectivity index is 1.20. The average Bonchev–Trinajstić information content (AvgIpc) is 2.84. The molecule has 1 aliphatic carbocycles. The lowest BCUT2D eigenvalue weighted by atomic mass is 9.77. The molecule has 1 saturated carbocycles. The van der Waals surface area contributed by atoms with Gasteiger partial charge in [0.25, 0.3) is 0 Å². The predicted molar refractivity (Wildman–Crippen MR) is 139 cm³/mol. The summed E-state index contributed by atoms with van der Waals surface area (Å²) in [6.07, 6.45) is 12.4. The van der Waals surface area contributed by atoms with Crippen molar-refractivity contribution in [3.63, 3.8) is 0 Å². The molecule has 0 bridgehead atoms. The van der Waals surface area contributed by atoms with E-state index in [9.17, 15) is 4.39 Å². The van der Waals surface area contributed by atoms with Crippen LogP contribution in [0.5, 0.6) is 0 Å². The van der Waals surface area contributed by atoms with Gasteiger partial charge in [0.05, 0.1) is 0 Å². The Hall–Kier alpha value is -2.12. The van der Waals surface area contributed by atoms with Gasteiger partial charge < -0.3 is 0 Å². The first kappa shape index (κ1) is 24.0. The molecule has 0 spiro atoms. The first-order valence-corrected chi connectivity index (χ1v) is 13.1. The van der Waals surface area contributed by atoms with E-state index in [4.69, 9.17) is 11.6 Å². The van der Waals surface area contributed by atoms with Crippen molar-refractivity contribution in [2.24, 2.45) is 11.8 Å². The Morgan fingerprint density at radius 1 is 0.697 bits per heavy atom. The van der Waals surface area contributed by atoms with Crippen molar-refractivity contribution < 1.29 is 4.39 Å². The summed E-state index contributed by atoms with van der Waals surface area (Å²) >= 11 is 5.95. The SMILES string of the molecule is CCCc1ccc(CCC2CCC(CCc3ccc(-c4ccc(Cl)cc4)c(F)c3)CC2)cc1. The topological polar surface area (TPSA) is 0 Å². The number of hydrogen-bond acceptors (Lipinski definition) is 0. The normalized spacial score (nSPS) is 18.4. The number of benzene rings is 3. The summed E-state index contributed by atoms with van der Waals surface area (Å²) in [7, 11) is 0. The lowest BCUT2D eigenvalue weighted by Gasteiger charge is -2.28. The summed E-state index contributed by atoms with van der Waals surface area (Å²) in [6.45, 7) is 2.24. The molecule has 2 heteroatoms. The van der Waals surface area contributed by atoms with Crippen LogP contribution in [0.1, 0.15) is 68.6 Å². The monoisotopic (exact) mass is 462 g/mol. The Labute approximate surface area is 204 Å². The van der Waals surface area contributed by atoms with Crippen molar-refractivity contribution in [2.75, 3.05) is 0 Å². The zero-order chi connectivity index (χ0) is 23.0. The maximum absolute atomic E-state index is 14.7. The van der Waals surface area contributed by atoms with Gasteiger partial charge in [-0.2, -0.15) is 0 Å². The first-order valence-electron chi connectivity index (χ1n) is 12.7. The van der Waals surface area contributed by atoms with Crippen LogP contribution in [0.4, 0.5) is 4.39 Å². The van der Waals surface area contributed by atoms with E-state index in [1.807, 2.05) is 30.3 Å². The molecule has 1 fully saturated rings. The van der Waals surface area contributed by atoms with Gasteiger partial charge in [-0.1, -0.05) is 99.2 Å². The smallest absolute Gasteiger partial charge is 0.131 e. The fraction of sp³-hybridized carbons (Fsp3) is 0.419. The summed E-state index contributed by atoms with van der Waals surface area (Å²) < 4.78 is 14.7. The summed E-state index contributed by atoms with van der Waals surface area (Å²) in [5.74, 6) is 1.52.